The van der Waals surface area contributed by atoms with Gasteiger partial charge in [0, 0.05) is 18.8 Å². The third-order valence-electron chi connectivity index (χ3n) is 4.14. The van der Waals surface area contributed by atoms with Crippen LogP contribution in [0.5, 0.6) is 0 Å². The first-order chi connectivity index (χ1) is 12.1. The number of carbonyl (C=O) groups is 2. The summed E-state index contributed by atoms with van der Waals surface area (Å²) in [6, 6.07) is 9.39. The Morgan fingerprint density at radius 1 is 1.44 bits per heavy atom. The third-order valence-corrected chi connectivity index (χ3v) is 5.20. The summed E-state index contributed by atoms with van der Waals surface area (Å²) in [7, 11) is 0. The van der Waals surface area contributed by atoms with Gasteiger partial charge in [-0.1, -0.05) is 29.5 Å². The number of nitriles is 1. The van der Waals surface area contributed by atoms with Crippen LogP contribution in [0.2, 0.25) is 0 Å². The second kappa shape index (κ2) is 7.72. The third kappa shape index (κ3) is 3.86. The summed E-state index contributed by atoms with van der Waals surface area (Å²) >= 11 is 1.22. The van der Waals surface area contributed by atoms with E-state index in [0.717, 1.165) is 18.4 Å². The number of anilines is 1. The Hall–Kier alpha value is -2.30. The lowest BCUT2D eigenvalue weighted by atomic mass is 10.2. The Labute approximate surface area is 150 Å². The highest BCUT2D eigenvalue weighted by molar-refractivity contribution is 8.04. The van der Waals surface area contributed by atoms with Crippen molar-refractivity contribution >= 4 is 29.3 Å². The van der Waals surface area contributed by atoms with Gasteiger partial charge in [-0.3, -0.25) is 14.5 Å². The van der Waals surface area contributed by atoms with Gasteiger partial charge in [0.2, 0.25) is 5.91 Å². The van der Waals surface area contributed by atoms with Crippen LogP contribution in [0.4, 0.5) is 5.69 Å². The molecule has 1 atom stereocenters. The maximum atomic E-state index is 12.5. The fourth-order valence-corrected chi connectivity index (χ4v) is 3.82. The van der Waals surface area contributed by atoms with Crippen LogP contribution >= 0.6 is 11.8 Å². The number of carbonyl (C=O) groups excluding carboxylic acids is 2. The number of ether oxygens (including phenoxy) is 1. The fraction of sp³-hybridized carbons (Fsp3) is 0.389. The summed E-state index contributed by atoms with van der Waals surface area (Å²) in [5.41, 5.74) is 1.70. The Balaban J connectivity index is 1.83. The molecular formula is C18H19N3O3S. The van der Waals surface area contributed by atoms with E-state index in [0.29, 0.717) is 23.9 Å². The van der Waals surface area contributed by atoms with Crippen LogP contribution in [0.3, 0.4) is 0 Å². The fourth-order valence-electron chi connectivity index (χ4n) is 2.81. The van der Waals surface area contributed by atoms with Crippen LogP contribution in [-0.4, -0.2) is 36.8 Å². The van der Waals surface area contributed by atoms with Gasteiger partial charge < -0.3 is 10.1 Å². The predicted octanol–water partition coefficient (Wildman–Crippen LogP) is 2.11. The molecule has 1 aromatic rings. The molecule has 1 N–H and O–H groups in total. The minimum atomic E-state index is -0.465. The van der Waals surface area contributed by atoms with Gasteiger partial charge in [0.05, 0.1) is 11.9 Å². The summed E-state index contributed by atoms with van der Waals surface area (Å²) in [4.78, 5) is 26.2. The Morgan fingerprint density at radius 3 is 2.84 bits per heavy atom. The Morgan fingerprint density at radius 2 is 2.20 bits per heavy atom. The summed E-state index contributed by atoms with van der Waals surface area (Å²) in [5.74, 6) is -0.385. The number of nitrogens with one attached hydrogen (secondary N) is 1. The molecule has 2 heterocycles. The van der Waals surface area contributed by atoms with E-state index in [9.17, 15) is 14.9 Å². The number of aryl methyl sites for hydroxylation is 1. The van der Waals surface area contributed by atoms with Crippen LogP contribution in [0.1, 0.15) is 18.4 Å². The number of hydrogen-bond donors (Lipinski definition) is 1. The van der Waals surface area contributed by atoms with E-state index in [1.807, 2.05) is 37.3 Å². The minimum Gasteiger partial charge on any atom is -0.376 e. The first-order valence-electron chi connectivity index (χ1n) is 8.16. The van der Waals surface area contributed by atoms with Crippen LogP contribution in [0.25, 0.3) is 0 Å². The number of benzene rings is 1. The van der Waals surface area contributed by atoms with Crippen molar-refractivity contribution in [1.29, 1.82) is 5.26 Å². The van der Waals surface area contributed by atoms with Crippen molar-refractivity contribution in [3.8, 4) is 6.07 Å². The highest BCUT2D eigenvalue weighted by atomic mass is 32.2. The smallest absolute Gasteiger partial charge is 0.264 e. The maximum Gasteiger partial charge on any atom is 0.264 e. The molecule has 1 aromatic carbocycles. The van der Waals surface area contributed by atoms with Gasteiger partial charge in [0.25, 0.3) is 5.91 Å². The number of thioether (sulfide) groups is 1. The Kier molecular flexibility index (Phi) is 5.41. The minimum absolute atomic E-state index is 0.0000393. The lowest BCUT2D eigenvalue weighted by molar-refractivity contribution is -0.117. The van der Waals surface area contributed by atoms with Crippen molar-refractivity contribution in [2.75, 3.05) is 23.8 Å². The SMILES string of the molecule is Cc1ccc(N2C(=O)CS/C2=C(\C#N)C(=O)NC[C@H]2CCCO2)cc1. The van der Waals surface area contributed by atoms with E-state index >= 15 is 0 Å². The van der Waals surface area contributed by atoms with Gasteiger partial charge in [-0.2, -0.15) is 5.26 Å². The molecule has 0 unspecified atom stereocenters. The molecule has 7 heteroatoms. The van der Waals surface area contributed by atoms with Gasteiger partial charge in [-0.25, -0.2) is 0 Å². The average molecular weight is 357 g/mol. The molecule has 25 heavy (non-hydrogen) atoms. The zero-order valence-corrected chi connectivity index (χ0v) is 14.8. The maximum absolute atomic E-state index is 12.5. The molecule has 0 radical (unpaired) electrons. The van der Waals surface area contributed by atoms with Crippen molar-refractivity contribution in [2.45, 2.75) is 25.9 Å². The van der Waals surface area contributed by atoms with E-state index in [4.69, 9.17) is 4.74 Å². The van der Waals surface area contributed by atoms with E-state index in [1.165, 1.54) is 16.7 Å². The second-order valence-electron chi connectivity index (χ2n) is 5.99. The summed E-state index contributed by atoms with van der Waals surface area (Å²) in [6.07, 6.45) is 1.89. The number of nitrogens with zero attached hydrogens (tertiary/aromatic N) is 2. The van der Waals surface area contributed by atoms with Gasteiger partial charge in [0.15, 0.2) is 0 Å². The monoisotopic (exact) mass is 357 g/mol. The molecule has 130 valence electrons. The van der Waals surface area contributed by atoms with Crippen LogP contribution in [-0.2, 0) is 14.3 Å². The lowest BCUT2D eigenvalue weighted by Crippen LogP contribution is -2.34. The number of rotatable bonds is 4. The molecule has 0 saturated carbocycles. The molecule has 2 aliphatic heterocycles. The summed E-state index contributed by atoms with van der Waals surface area (Å²) in [6.45, 7) is 3.04. The van der Waals surface area contributed by atoms with Crippen LogP contribution < -0.4 is 10.2 Å². The van der Waals surface area contributed by atoms with Crippen molar-refractivity contribution in [1.82, 2.24) is 5.32 Å². The van der Waals surface area contributed by atoms with Crippen molar-refractivity contribution in [3.63, 3.8) is 0 Å². The van der Waals surface area contributed by atoms with Crippen molar-refractivity contribution < 1.29 is 14.3 Å². The first kappa shape index (κ1) is 17.5. The molecule has 0 spiro atoms. The molecule has 6 nitrogen and oxygen atoms in total. The molecule has 0 aromatic heterocycles. The Bertz CT molecular complexity index is 746. The normalized spacial score (nSPS) is 22.0. The molecule has 2 aliphatic rings. The molecular weight excluding hydrogens is 338 g/mol. The lowest BCUT2D eigenvalue weighted by Gasteiger charge is -2.19. The second-order valence-corrected chi connectivity index (χ2v) is 6.95. The quantitative estimate of drug-likeness (QED) is 0.659. The summed E-state index contributed by atoms with van der Waals surface area (Å²) < 4.78 is 5.48. The zero-order chi connectivity index (χ0) is 17.8. The van der Waals surface area contributed by atoms with E-state index < -0.39 is 5.91 Å². The van der Waals surface area contributed by atoms with Crippen LogP contribution in [0.15, 0.2) is 34.9 Å². The highest BCUT2D eigenvalue weighted by Gasteiger charge is 2.33. The first-order valence-corrected chi connectivity index (χ1v) is 9.15. The average Bonchev–Trinajstić information content (AvgIpc) is 3.25. The molecule has 2 amide bonds. The largest absolute Gasteiger partial charge is 0.376 e. The van der Waals surface area contributed by atoms with E-state index in [2.05, 4.69) is 5.32 Å². The molecule has 0 aliphatic carbocycles. The van der Waals surface area contributed by atoms with Crippen molar-refractivity contribution in [2.24, 2.45) is 0 Å². The van der Waals surface area contributed by atoms with E-state index in [1.54, 1.807) is 0 Å². The molecule has 0 bridgehead atoms. The van der Waals surface area contributed by atoms with E-state index in [-0.39, 0.29) is 23.3 Å². The molecule has 3 rings (SSSR count). The standard InChI is InChI=1S/C18H19N3O3S/c1-12-4-6-13(7-5-12)21-16(22)11-25-18(21)15(9-19)17(23)20-10-14-3-2-8-24-14/h4-7,14H,2-3,8,10-11H2,1H3,(H,20,23)/b18-15+/t14-/m1/s1. The van der Waals surface area contributed by atoms with Gasteiger partial charge in [0.1, 0.15) is 16.7 Å². The summed E-state index contributed by atoms with van der Waals surface area (Å²) in [5, 5.41) is 12.6. The topological polar surface area (TPSA) is 82.4 Å². The number of amides is 2. The molecule has 2 saturated heterocycles. The predicted molar refractivity (Wildman–Crippen MR) is 95.7 cm³/mol. The van der Waals surface area contributed by atoms with Gasteiger partial charge >= 0.3 is 0 Å². The highest BCUT2D eigenvalue weighted by Crippen LogP contribution is 2.36. The van der Waals surface area contributed by atoms with Gasteiger partial charge in [-0.05, 0) is 31.9 Å². The van der Waals surface area contributed by atoms with Crippen LogP contribution in [0, 0.1) is 18.3 Å². The number of hydrogen-bond acceptors (Lipinski definition) is 5. The van der Waals surface area contributed by atoms with Gasteiger partial charge in [-0.15, -0.1) is 0 Å². The van der Waals surface area contributed by atoms with Crippen molar-refractivity contribution in [3.05, 3.63) is 40.4 Å². The molecule has 2 fully saturated rings. The zero-order valence-electron chi connectivity index (χ0n) is 13.9.